The summed E-state index contributed by atoms with van der Waals surface area (Å²) in [5.74, 6) is -1.90. The zero-order chi connectivity index (χ0) is 15.6. The van der Waals surface area contributed by atoms with Gasteiger partial charge in [-0.2, -0.15) is 0 Å². The van der Waals surface area contributed by atoms with Crippen LogP contribution in [-0.4, -0.2) is 28.1 Å². The summed E-state index contributed by atoms with van der Waals surface area (Å²) in [6.45, 7) is 3.64. The molecule has 1 aliphatic carbocycles. The van der Waals surface area contributed by atoms with Crippen LogP contribution < -0.4 is 5.32 Å². The third-order valence-corrected chi connectivity index (χ3v) is 4.36. The normalized spacial score (nSPS) is 23.2. The second kappa shape index (κ2) is 5.85. The van der Waals surface area contributed by atoms with E-state index in [1.807, 2.05) is 19.1 Å². The summed E-state index contributed by atoms with van der Waals surface area (Å²) < 4.78 is 0. The number of fused-ring (bicyclic) bond motifs is 1. The van der Waals surface area contributed by atoms with Gasteiger partial charge in [0.1, 0.15) is 6.04 Å². The number of nitrogens with one attached hydrogen (secondary N) is 1. The van der Waals surface area contributed by atoms with Gasteiger partial charge in [0.05, 0.1) is 0 Å². The molecule has 3 atom stereocenters. The molecule has 0 aliphatic heterocycles. The molecule has 0 radical (unpaired) electrons. The van der Waals surface area contributed by atoms with Crippen molar-refractivity contribution >= 4 is 11.9 Å². The van der Waals surface area contributed by atoms with Crippen LogP contribution in [0, 0.1) is 5.92 Å². The molecule has 2 rings (SSSR count). The second-order valence-corrected chi connectivity index (χ2v) is 5.69. The van der Waals surface area contributed by atoms with E-state index in [2.05, 4.69) is 5.32 Å². The summed E-state index contributed by atoms with van der Waals surface area (Å²) in [4.78, 5) is 23.7. The Morgan fingerprint density at radius 3 is 2.67 bits per heavy atom. The van der Waals surface area contributed by atoms with E-state index in [1.54, 1.807) is 19.1 Å². The van der Waals surface area contributed by atoms with Crippen LogP contribution in [-0.2, 0) is 21.6 Å². The van der Waals surface area contributed by atoms with E-state index in [4.69, 9.17) is 0 Å². The highest BCUT2D eigenvalue weighted by molar-refractivity contribution is 5.91. The largest absolute Gasteiger partial charge is 0.480 e. The Labute approximate surface area is 124 Å². The molecule has 1 aliphatic rings. The topological polar surface area (TPSA) is 86.6 Å². The van der Waals surface area contributed by atoms with Crippen LogP contribution in [0.15, 0.2) is 24.3 Å². The minimum atomic E-state index is -1.63. The van der Waals surface area contributed by atoms with Crippen LogP contribution in [0.5, 0.6) is 0 Å². The molecule has 1 aromatic carbocycles. The van der Waals surface area contributed by atoms with Gasteiger partial charge in [0.25, 0.3) is 5.91 Å². The maximum Gasteiger partial charge on any atom is 0.326 e. The zero-order valence-corrected chi connectivity index (χ0v) is 12.3. The summed E-state index contributed by atoms with van der Waals surface area (Å²) in [7, 11) is 0. The first-order chi connectivity index (χ1) is 9.90. The first-order valence-corrected chi connectivity index (χ1v) is 7.24. The zero-order valence-electron chi connectivity index (χ0n) is 12.3. The Morgan fingerprint density at radius 1 is 1.38 bits per heavy atom. The molecule has 1 amide bonds. The van der Waals surface area contributed by atoms with Gasteiger partial charge in [0.2, 0.25) is 0 Å². The Kier molecular flexibility index (Phi) is 4.32. The number of carboxylic acid groups (broad SMARTS) is 1. The average Bonchev–Trinajstić information content (AvgIpc) is 2.82. The van der Waals surface area contributed by atoms with Crippen molar-refractivity contribution < 1.29 is 19.8 Å². The van der Waals surface area contributed by atoms with Crippen LogP contribution in [0.3, 0.4) is 0 Å². The van der Waals surface area contributed by atoms with E-state index in [-0.39, 0.29) is 12.3 Å². The van der Waals surface area contributed by atoms with Crippen molar-refractivity contribution in [1.82, 2.24) is 5.32 Å². The number of carboxylic acids is 1. The molecule has 0 fully saturated rings. The lowest BCUT2D eigenvalue weighted by atomic mass is 9.93. The molecule has 114 valence electrons. The Hall–Kier alpha value is -1.88. The summed E-state index contributed by atoms with van der Waals surface area (Å²) in [6.07, 6.45) is 1.53. The number of benzene rings is 1. The van der Waals surface area contributed by atoms with E-state index >= 15 is 0 Å². The van der Waals surface area contributed by atoms with Gasteiger partial charge in [-0.1, -0.05) is 44.5 Å². The first-order valence-electron chi connectivity index (χ1n) is 7.24. The molecule has 0 saturated carbocycles. The molecule has 0 spiro atoms. The van der Waals surface area contributed by atoms with Gasteiger partial charge >= 0.3 is 5.97 Å². The monoisotopic (exact) mass is 291 g/mol. The van der Waals surface area contributed by atoms with Gasteiger partial charge in [-0.25, -0.2) is 4.79 Å². The third kappa shape index (κ3) is 2.78. The molecule has 0 saturated heterocycles. The molecule has 5 heteroatoms. The molecule has 1 aromatic rings. The molecule has 1 unspecified atom stereocenters. The number of hydrogen-bond acceptors (Lipinski definition) is 3. The summed E-state index contributed by atoms with van der Waals surface area (Å²) in [5.41, 5.74) is -0.112. The predicted octanol–water partition coefficient (Wildman–Crippen LogP) is 1.44. The quantitative estimate of drug-likeness (QED) is 0.766. The van der Waals surface area contributed by atoms with E-state index in [0.29, 0.717) is 18.4 Å². The number of aliphatic carboxylic acids is 1. The summed E-state index contributed by atoms with van der Waals surface area (Å²) >= 11 is 0. The van der Waals surface area contributed by atoms with E-state index in [0.717, 1.165) is 5.56 Å². The number of hydrogen-bond donors (Lipinski definition) is 3. The van der Waals surface area contributed by atoms with Gasteiger partial charge in [-0.15, -0.1) is 0 Å². The van der Waals surface area contributed by atoms with Gasteiger partial charge < -0.3 is 15.5 Å². The highest BCUT2D eigenvalue weighted by atomic mass is 16.4. The number of carbonyl (C=O) groups is 2. The van der Waals surface area contributed by atoms with Crippen LogP contribution in [0.1, 0.15) is 37.8 Å². The van der Waals surface area contributed by atoms with Gasteiger partial charge in [0, 0.05) is 0 Å². The SMILES string of the molecule is CC[C@H](C)[C@H](NC(=O)C1(O)CCc2ccccc21)C(=O)O. The van der Waals surface area contributed by atoms with Gasteiger partial charge in [-0.05, 0) is 29.9 Å². The van der Waals surface area contributed by atoms with E-state index < -0.39 is 23.5 Å². The molecule has 3 N–H and O–H groups in total. The van der Waals surface area contributed by atoms with Crippen molar-refractivity contribution in [3.63, 3.8) is 0 Å². The molecule has 0 aromatic heterocycles. The first kappa shape index (κ1) is 15.5. The Bertz CT molecular complexity index is 557. The molecule has 5 nitrogen and oxygen atoms in total. The fraction of sp³-hybridized carbons (Fsp3) is 0.500. The van der Waals surface area contributed by atoms with Crippen molar-refractivity contribution in [2.75, 3.05) is 0 Å². The lowest BCUT2D eigenvalue weighted by Crippen LogP contribution is -2.52. The predicted molar refractivity (Wildman–Crippen MR) is 77.7 cm³/mol. The Balaban J connectivity index is 2.22. The molecular weight excluding hydrogens is 270 g/mol. The summed E-state index contributed by atoms with van der Waals surface area (Å²) in [6, 6.07) is 6.25. The maximum atomic E-state index is 12.4. The van der Waals surface area contributed by atoms with Crippen molar-refractivity contribution in [2.45, 2.75) is 44.8 Å². The number of amides is 1. The third-order valence-electron chi connectivity index (χ3n) is 4.36. The maximum absolute atomic E-state index is 12.4. The van der Waals surface area contributed by atoms with Crippen LogP contribution in [0.25, 0.3) is 0 Å². The van der Waals surface area contributed by atoms with E-state index in [1.165, 1.54) is 0 Å². The Morgan fingerprint density at radius 2 is 2.05 bits per heavy atom. The minimum Gasteiger partial charge on any atom is -0.480 e. The van der Waals surface area contributed by atoms with Crippen molar-refractivity contribution in [2.24, 2.45) is 5.92 Å². The number of aryl methyl sites for hydroxylation is 1. The highest BCUT2D eigenvalue weighted by Crippen LogP contribution is 2.37. The van der Waals surface area contributed by atoms with Crippen LogP contribution in [0.2, 0.25) is 0 Å². The van der Waals surface area contributed by atoms with Crippen LogP contribution in [0.4, 0.5) is 0 Å². The lowest BCUT2D eigenvalue weighted by molar-refractivity contribution is -0.149. The number of rotatable bonds is 5. The number of carbonyl (C=O) groups excluding carboxylic acids is 1. The fourth-order valence-electron chi connectivity index (χ4n) is 2.77. The van der Waals surface area contributed by atoms with E-state index in [9.17, 15) is 19.8 Å². The van der Waals surface area contributed by atoms with Gasteiger partial charge in [-0.3, -0.25) is 4.79 Å². The fourth-order valence-corrected chi connectivity index (χ4v) is 2.77. The summed E-state index contributed by atoms with van der Waals surface area (Å²) in [5, 5.41) is 22.4. The lowest BCUT2D eigenvalue weighted by Gasteiger charge is -2.27. The molecule has 0 heterocycles. The minimum absolute atomic E-state index is 0.202. The van der Waals surface area contributed by atoms with Crippen molar-refractivity contribution in [3.8, 4) is 0 Å². The average molecular weight is 291 g/mol. The number of aliphatic hydroxyl groups is 1. The molecule has 0 bridgehead atoms. The second-order valence-electron chi connectivity index (χ2n) is 5.69. The standard InChI is InChI=1S/C16H21NO4/c1-3-10(2)13(14(18)19)17-15(20)16(21)9-8-11-6-4-5-7-12(11)16/h4-7,10,13,21H,3,8-9H2,1-2H3,(H,17,20)(H,18,19)/t10-,13-,16?/m0/s1. The highest BCUT2D eigenvalue weighted by Gasteiger charge is 2.44. The molecular formula is C16H21NO4. The van der Waals surface area contributed by atoms with Crippen molar-refractivity contribution in [3.05, 3.63) is 35.4 Å². The smallest absolute Gasteiger partial charge is 0.326 e. The molecule has 21 heavy (non-hydrogen) atoms. The van der Waals surface area contributed by atoms with Gasteiger partial charge in [0.15, 0.2) is 5.60 Å². The van der Waals surface area contributed by atoms with Crippen LogP contribution >= 0.6 is 0 Å². The van der Waals surface area contributed by atoms with Crippen molar-refractivity contribution in [1.29, 1.82) is 0 Å².